The molecule has 3 aromatic heterocycles. The number of nitrogens with zero attached hydrogens (tertiary/aromatic N) is 3. The molecule has 20 heavy (non-hydrogen) atoms. The molecule has 4 nitrogen and oxygen atoms in total. The molecule has 0 saturated heterocycles. The molecule has 0 radical (unpaired) electrons. The first-order valence-corrected chi connectivity index (χ1v) is 7.87. The number of thiophene rings is 1. The highest BCUT2D eigenvalue weighted by atomic mass is 79.9. The summed E-state index contributed by atoms with van der Waals surface area (Å²) >= 11 is 5.22. The Morgan fingerprint density at radius 1 is 1.25 bits per heavy atom. The molecular formula is C14H13BrN4S. The predicted octanol–water partition coefficient (Wildman–Crippen LogP) is 3.38. The summed E-state index contributed by atoms with van der Waals surface area (Å²) < 4.78 is 2.91. The van der Waals surface area contributed by atoms with E-state index < -0.39 is 0 Å². The first kappa shape index (κ1) is 13.5. The van der Waals surface area contributed by atoms with E-state index in [-0.39, 0.29) is 0 Å². The number of hydrogen-bond donors (Lipinski definition) is 1. The maximum Gasteiger partial charge on any atom is 0.153 e. The summed E-state index contributed by atoms with van der Waals surface area (Å²) in [4.78, 5) is 5.64. The summed E-state index contributed by atoms with van der Waals surface area (Å²) in [7, 11) is 0. The van der Waals surface area contributed by atoms with Crippen LogP contribution in [0.2, 0.25) is 0 Å². The molecular weight excluding hydrogens is 336 g/mol. The zero-order valence-corrected chi connectivity index (χ0v) is 13.1. The van der Waals surface area contributed by atoms with Crippen LogP contribution in [0.3, 0.4) is 0 Å². The van der Waals surface area contributed by atoms with Gasteiger partial charge >= 0.3 is 0 Å². The van der Waals surface area contributed by atoms with Crippen molar-refractivity contribution < 1.29 is 0 Å². The molecule has 0 spiro atoms. The second-order valence-corrected chi connectivity index (χ2v) is 6.22. The van der Waals surface area contributed by atoms with Gasteiger partial charge in [0.2, 0.25) is 0 Å². The van der Waals surface area contributed by atoms with Crippen molar-refractivity contribution >= 4 is 27.3 Å². The van der Waals surface area contributed by atoms with Crippen LogP contribution in [0.5, 0.6) is 0 Å². The van der Waals surface area contributed by atoms with E-state index in [1.807, 2.05) is 30.6 Å². The molecule has 0 fully saturated rings. The van der Waals surface area contributed by atoms with Gasteiger partial charge in [-0.1, -0.05) is 0 Å². The third kappa shape index (κ3) is 3.33. The SMILES string of the molecule is Brc1csc(CNCc2ccnc(-n3cccn3)c2)c1. The molecule has 3 aromatic rings. The number of rotatable bonds is 5. The normalized spacial score (nSPS) is 10.8. The molecule has 0 aliphatic heterocycles. The lowest BCUT2D eigenvalue weighted by Gasteiger charge is -2.05. The number of pyridine rings is 1. The summed E-state index contributed by atoms with van der Waals surface area (Å²) in [6.07, 6.45) is 5.46. The smallest absolute Gasteiger partial charge is 0.153 e. The topological polar surface area (TPSA) is 42.7 Å². The Morgan fingerprint density at radius 2 is 2.20 bits per heavy atom. The van der Waals surface area contributed by atoms with Gasteiger partial charge < -0.3 is 5.32 Å². The molecule has 0 atom stereocenters. The Hall–Kier alpha value is -1.50. The van der Waals surface area contributed by atoms with E-state index in [4.69, 9.17) is 0 Å². The summed E-state index contributed by atoms with van der Waals surface area (Å²) in [5.41, 5.74) is 1.20. The van der Waals surface area contributed by atoms with Crippen LogP contribution < -0.4 is 5.32 Å². The second-order valence-electron chi connectivity index (χ2n) is 4.31. The average molecular weight is 349 g/mol. The minimum atomic E-state index is 0.812. The van der Waals surface area contributed by atoms with Gasteiger partial charge in [0.1, 0.15) is 0 Å². The Labute approximate surface area is 129 Å². The van der Waals surface area contributed by atoms with Crippen molar-refractivity contribution in [1.82, 2.24) is 20.1 Å². The standard InChI is InChI=1S/C14H13BrN4S/c15-12-7-13(20-10-12)9-16-8-11-2-4-17-14(6-11)19-5-1-3-18-19/h1-7,10,16H,8-9H2. The van der Waals surface area contributed by atoms with Crippen LogP contribution in [-0.4, -0.2) is 14.8 Å². The molecule has 6 heteroatoms. The predicted molar refractivity (Wildman–Crippen MR) is 83.9 cm³/mol. The molecule has 0 amide bonds. The van der Waals surface area contributed by atoms with Gasteiger partial charge in [-0.2, -0.15) is 5.10 Å². The van der Waals surface area contributed by atoms with E-state index in [2.05, 4.69) is 42.8 Å². The Kier molecular flexibility index (Phi) is 4.25. The van der Waals surface area contributed by atoms with Crippen LogP contribution in [0.15, 0.2) is 52.7 Å². The van der Waals surface area contributed by atoms with E-state index >= 15 is 0 Å². The van der Waals surface area contributed by atoms with Gasteiger partial charge in [0.25, 0.3) is 0 Å². The van der Waals surface area contributed by atoms with Crippen molar-refractivity contribution in [3.63, 3.8) is 0 Å². The number of nitrogens with one attached hydrogen (secondary N) is 1. The van der Waals surface area contributed by atoms with Crippen LogP contribution in [0.25, 0.3) is 5.82 Å². The fourth-order valence-electron chi connectivity index (χ4n) is 1.88. The van der Waals surface area contributed by atoms with E-state index in [1.165, 1.54) is 10.4 Å². The molecule has 0 bridgehead atoms. The lowest BCUT2D eigenvalue weighted by molar-refractivity contribution is 0.698. The molecule has 0 aromatic carbocycles. The molecule has 102 valence electrons. The Morgan fingerprint density at radius 3 is 2.95 bits per heavy atom. The maximum atomic E-state index is 4.32. The summed E-state index contributed by atoms with van der Waals surface area (Å²) in [6.45, 7) is 1.68. The summed E-state index contributed by atoms with van der Waals surface area (Å²) in [6, 6.07) is 8.09. The third-order valence-corrected chi connectivity index (χ3v) is 4.50. The van der Waals surface area contributed by atoms with Crippen molar-refractivity contribution in [2.24, 2.45) is 0 Å². The van der Waals surface area contributed by atoms with Crippen molar-refractivity contribution in [2.75, 3.05) is 0 Å². The summed E-state index contributed by atoms with van der Waals surface area (Å²) in [5.74, 6) is 0.841. The van der Waals surface area contributed by atoms with E-state index in [9.17, 15) is 0 Å². The average Bonchev–Trinajstić information content (AvgIpc) is 3.11. The lowest BCUT2D eigenvalue weighted by Crippen LogP contribution is -2.12. The lowest BCUT2D eigenvalue weighted by atomic mass is 10.2. The van der Waals surface area contributed by atoms with Gasteiger partial charge in [-0.25, -0.2) is 9.67 Å². The van der Waals surface area contributed by atoms with Gasteiger partial charge in [-0.3, -0.25) is 0 Å². The molecule has 0 aliphatic carbocycles. The zero-order chi connectivity index (χ0) is 13.8. The second kappa shape index (κ2) is 6.30. The van der Waals surface area contributed by atoms with Crippen LogP contribution in [0.1, 0.15) is 10.4 Å². The van der Waals surface area contributed by atoms with Crippen LogP contribution in [0, 0.1) is 0 Å². The molecule has 0 saturated carbocycles. The molecule has 0 aliphatic rings. The van der Waals surface area contributed by atoms with Gasteiger partial charge in [-0.05, 0) is 45.8 Å². The Balaban J connectivity index is 1.62. The largest absolute Gasteiger partial charge is 0.308 e. The number of hydrogen-bond acceptors (Lipinski definition) is 4. The molecule has 1 N–H and O–H groups in total. The first-order valence-electron chi connectivity index (χ1n) is 6.20. The zero-order valence-electron chi connectivity index (χ0n) is 10.7. The highest BCUT2D eigenvalue weighted by Crippen LogP contribution is 2.19. The minimum absolute atomic E-state index is 0.812. The molecule has 3 heterocycles. The van der Waals surface area contributed by atoms with Crippen LogP contribution in [-0.2, 0) is 13.1 Å². The molecule has 0 unspecified atom stereocenters. The first-order chi connectivity index (χ1) is 9.81. The van der Waals surface area contributed by atoms with Crippen molar-refractivity contribution in [3.8, 4) is 5.82 Å². The van der Waals surface area contributed by atoms with Gasteiger partial charge in [0, 0.05) is 46.4 Å². The fraction of sp³-hybridized carbons (Fsp3) is 0.143. The van der Waals surface area contributed by atoms with Crippen molar-refractivity contribution in [1.29, 1.82) is 0 Å². The van der Waals surface area contributed by atoms with Crippen molar-refractivity contribution in [2.45, 2.75) is 13.1 Å². The highest BCUT2D eigenvalue weighted by molar-refractivity contribution is 9.10. The van der Waals surface area contributed by atoms with Crippen molar-refractivity contribution in [3.05, 3.63) is 63.1 Å². The Bertz CT molecular complexity index is 678. The van der Waals surface area contributed by atoms with E-state index in [1.54, 1.807) is 22.2 Å². The van der Waals surface area contributed by atoms with E-state index in [0.717, 1.165) is 23.4 Å². The number of aromatic nitrogens is 3. The van der Waals surface area contributed by atoms with Gasteiger partial charge in [0.05, 0.1) is 0 Å². The van der Waals surface area contributed by atoms with E-state index in [0.29, 0.717) is 0 Å². The fourth-order valence-corrected chi connectivity index (χ4v) is 3.30. The van der Waals surface area contributed by atoms with Gasteiger partial charge in [-0.15, -0.1) is 11.3 Å². The maximum absolute atomic E-state index is 4.32. The van der Waals surface area contributed by atoms with Crippen LogP contribution in [0.4, 0.5) is 0 Å². The number of halogens is 1. The van der Waals surface area contributed by atoms with Crippen LogP contribution >= 0.6 is 27.3 Å². The minimum Gasteiger partial charge on any atom is -0.308 e. The van der Waals surface area contributed by atoms with Gasteiger partial charge in [0.15, 0.2) is 5.82 Å². The summed E-state index contributed by atoms with van der Waals surface area (Å²) in [5, 5.41) is 9.72. The molecule has 3 rings (SSSR count). The third-order valence-electron chi connectivity index (χ3n) is 2.80. The monoisotopic (exact) mass is 348 g/mol. The quantitative estimate of drug-likeness (QED) is 0.768. The highest BCUT2D eigenvalue weighted by Gasteiger charge is 2.01.